The lowest BCUT2D eigenvalue weighted by Crippen LogP contribution is -2.03. The van der Waals surface area contributed by atoms with Gasteiger partial charge in [0.25, 0.3) is 0 Å². The van der Waals surface area contributed by atoms with Gasteiger partial charge in [-0.2, -0.15) is 5.26 Å². The summed E-state index contributed by atoms with van der Waals surface area (Å²) in [7, 11) is 0. The first-order chi connectivity index (χ1) is 31.7. The summed E-state index contributed by atoms with van der Waals surface area (Å²) in [4.78, 5) is 15.6. The molecule has 0 saturated heterocycles. The first-order valence-corrected chi connectivity index (χ1v) is 21.3. The minimum absolute atomic E-state index is 0.572. The molecule has 0 amide bonds. The Morgan fingerprint density at radius 1 is 0.328 bits per heavy atom. The smallest absolute Gasteiger partial charge is 0.164 e. The maximum absolute atomic E-state index is 10.1. The Morgan fingerprint density at radius 2 is 0.797 bits per heavy atom. The van der Waals surface area contributed by atoms with Crippen molar-refractivity contribution in [3.05, 3.63) is 224 Å². The third-order valence-corrected chi connectivity index (χ3v) is 12.2. The Morgan fingerprint density at radius 3 is 1.45 bits per heavy atom. The number of nitriles is 1. The van der Waals surface area contributed by atoms with Crippen LogP contribution in [0.3, 0.4) is 0 Å². The Balaban J connectivity index is 1.13. The van der Waals surface area contributed by atoms with Gasteiger partial charge in [-0.25, -0.2) is 15.0 Å². The molecule has 0 aliphatic heterocycles. The molecule has 0 aliphatic rings. The molecule has 0 spiro atoms. The Hall–Kier alpha value is -8.92. The predicted molar refractivity (Wildman–Crippen MR) is 260 cm³/mol. The van der Waals surface area contributed by atoms with Crippen molar-refractivity contribution in [3.8, 4) is 73.9 Å². The van der Waals surface area contributed by atoms with Crippen LogP contribution < -0.4 is 0 Å². The maximum Gasteiger partial charge on any atom is 0.164 e. The van der Waals surface area contributed by atoms with Crippen LogP contribution in [0.1, 0.15) is 5.56 Å². The molecule has 298 valence electrons. The topological polar surface area (TPSA) is 72.3 Å². The zero-order valence-corrected chi connectivity index (χ0v) is 34.5. The van der Waals surface area contributed by atoms with E-state index in [9.17, 15) is 5.26 Å². The van der Waals surface area contributed by atoms with Gasteiger partial charge in [0.15, 0.2) is 17.5 Å². The summed E-state index contributed by atoms with van der Waals surface area (Å²) in [6, 6.07) is 78.1. The summed E-state index contributed by atoms with van der Waals surface area (Å²) in [5.41, 5.74) is 13.8. The van der Waals surface area contributed by atoms with Crippen molar-refractivity contribution in [3.63, 3.8) is 0 Å². The number of hydrogen-bond donors (Lipinski definition) is 0. The van der Waals surface area contributed by atoms with Gasteiger partial charge in [-0.15, -0.1) is 0 Å². The van der Waals surface area contributed by atoms with Crippen LogP contribution in [0.2, 0.25) is 0 Å². The van der Waals surface area contributed by atoms with E-state index in [-0.39, 0.29) is 0 Å². The molecule has 12 rings (SSSR count). The molecule has 0 atom stereocenters. The van der Waals surface area contributed by atoms with Gasteiger partial charge in [0.05, 0.1) is 39.4 Å². The van der Waals surface area contributed by atoms with Gasteiger partial charge in [0.1, 0.15) is 0 Å². The predicted octanol–water partition coefficient (Wildman–Crippen LogP) is 14.3. The van der Waals surface area contributed by atoms with Crippen molar-refractivity contribution in [2.45, 2.75) is 0 Å². The first kappa shape index (κ1) is 36.9. The molecule has 0 saturated carbocycles. The van der Waals surface area contributed by atoms with Crippen molar-refractivity contribution in [2.75, 3.05) is 0 Å². The van der Waals surface area contributed by atoms with Gasteiger partial charge in [-0.05, 0) is 70.8 Å². The van der Waals surface area contributed by atoms with Gasteiger partial charge in [0, 0.05) is 43.9 Å². The molecule has 0 radical (unpaired) electrons. The Labute approximate surface area is 369 Å². The van der Waals surface area contributed by atoms with E-state index in [0.717, 1.165) is 93.9 Å². The average Bonchev–Trinajstić information content (AvgIpc) is 3.90. The SMILES string of the molecule is N#Cc1ccc2c3ccccc3n(-c3cccc4c5ccccc5n(-c5cc(-c6ccccc6)cc(-c6nc(-c7ccccc7)nc(-c7ccc(-c8ccccc8)cc7)n6)c5)c34)c2c1. The first-order valence-electron chi connectivity index (χ1n) is 21.3. The van der Waals surface area contributed by atoms with E-state index < -0.39 is 0 Å². The van der Waals surface area contributed by atoms with E-state index in [1.165, 1.54) is 0 Å². The lowest BCUT2D eigenvalue weighted by atomic mass is 10.0. The highest BCUT2D eigenvalue weighted by atomic mass is 15.1. The van der Waals surface area contributed by atoms with Crippen LogP contribution in [0.4, 0.5) is 0 Å². The summed E-state index contributed by atoms with van der Waals surface area (Å²) in [5, 5.41) is 14.6. The average molecular weight is 817 g/mol. The monoisotopic (exact) mass is 816 g/mol. The van der Waals surface area contributed by atoms with Crippen molar-refractivity contribution < 1.29 is 0 Å². The Bertz CT molecular complexity index is 3770. The van der Waals surface area contributed by atoms with Crippen molar-refractivity contribution >= 4 is 43.6 Å². The number of nitrogens with zero attached hydrogens (tertiary/aromatic N) is 6. The van der Waals surface area contributed by atoms with E-state index in [1.807, 2.05) is 54.6 Å². The van der Waals surface area contributed by atoms with Crippen LogP contribution in [0.5, 0.6) is 0 Å². The van der Waals surface area contributed by atoms with E-state index in [2.05, 4.69) is 179 Å². The zero-order chi connectivity index (χ0) is 42.6. The third kappa shape index (κ3) is 6.22. The molecule has 0 bridgehead atoms. The van der Waals surface area contributed by atoms with Crippen LogP contribution >= 0.6 is 0 Å². The molecule has 3 heterocycles. The number of fused-ring (bicyclic) bond motifs is 6. The fourth-order valence-electron chi connectivity index (χ4n) is 9.21. The van der Waals surface area contributed by atoms with Gasteiger partial charge < -0.3 is 9.13 Å². The van der Waals surface area contributed by atoms with Gasteiger partial charge in [-0.1, -0.05) is 170 Å². The second-order valence-corrected chi connectivity index (χ2v) is 16.0. The molecular weight excluding hydrogens is 781 g/mol. The van der Waals surface area contributed by atoms with Crippen LogP contribution in [0.25, 0.3) is 111 Å². The zero-order valence-electron chi connectivity index (χ0n) is 34.5. The second kappa shape index (κ2) is 15.2. The summed E-state index contributed by atoms with van der Waals surface area (Å²) in [6.45, 7) is 0. The molecule has 12 aromatic rings. The molecule has 64 heavy (non-hydrogen) atoms. The summed E-state index contributed by atoms with van der Waals surface area (Å²) in [6.07, 6.45) is 0. The normalized spacial score (nSPS) is 11.4. The highest BCUT2D eigenvalue weighted by Crippen LogP contribution is 2.41. The molecule has 3 aromatic heterocycles. The number of benzene rings is 9. The fourth-order valence-corrected chi connectivity index (χ4v) is 9.21. The summed E-state index contributed by atoms with van der Waals surface area (Å²) < 4.78 is 4.70. The molecule has 9 aromatic carbocycles. The molecule has 6 nitrogen and oxygen atoms in total. The molecule has 0 aliphatic carbocycles. The highest BCUT2D eigenvalue weighted by molar-refractivity contribution is 6.15. The summed E-state index contributed by atoms with van der Waals surface area (Å²) >= 11 is 0. The Kier molecular flexibility index (Phi) is 8.77. The van der Waals surface area contributed by atoms with Gasteiger partial charge in [0.2, 0.25) is 0 Å². The van der Waals surface area contributed by atoms with E-state index >= 15 is 0 Å². The largest absolute Gasteiger partial charge is 0.307 e. The molecule has 0 fully saturated rings. The summed E-state index contributed by atoms with van der Waals surface area (Å²) in [5.74, 6) is 1.77. The molecule has 6 heteroatoms. The van der Waals surface area contributed by atoms with Crippen LogP contribution in [-0.2, 0) is 0 Å². The highest BCUT2D eigenvalue weighted by Gasteiger charge is 2.22. The van der Waals surface area contributed by atoms with E-state index in [4.69, 9.17) is 15.0 Å². The number of hydrogen-bond acceptors (Lipinski definition) is 4. The fraction of sp³-hybridized carbons (Fsp3) is 0. The number of para-hydroxylation sites is 3. The van der Waals surface area contributed by atoms with Crippen LogP contribution in [0, 0.1) is 11.3 Å². The minimum Gasteiger partial charge on any atom is -0.307 e. The van der Waals surface area contributed by atoms with Crippen molar-refractivity contribution in [2.24, 2.45) is 0 Å². The lowest BCUT2D eigenvalue weighted by Gasteiger charge is -2.17. The number of aromatic nitrogens is 5. The van der Waals surface area contributed by atoms with Crippen molar-refractivity contribution in [1.82, 2.24) is 24.1 Å². The van der Waals surface area contributed by atoms with Crippen LogP contribution in [0.15, 0.2) is 218 Å². The second-order valence-electron chi connectivity index (χ2n) is 16.0. The van der Waals surface area contributed by atoms with Gasteiger partial charge >= 0.3 is 0 Å². The van der Waals surface area contributed by atoms with E-state index in [0.29, 0.717) is 23.0 Å². The molecular formula is C58H36N6. The molecule has 0 unspecified atom stereocenters. The molecule has 0 N–H and O–H groups in total. The standard InChI is InChI=1S/C58H36N6/c59-37-38-27-32-49-47-21-10-13-25-52(47)64(54(49)33-38)53-26-14-23-50-48-22-11-12-24-51(48)63(55(50)53)46-35-44(40-17-6-2-7-18-40)34-45(36-46)58-61-56(42-19-8-3-9-20-42)60-57(62-58)43-30-28-41(29-31-43)39-15-4-1-5-16-39/h1-36H. The third-order valence-electron chi connectivity index (χ3n) is 12.2. The van der Waals surface area contributed by atoms with E-state index in [1.54, 1.807) is 0 Å². The van der Waals surface area contributed by atoms with Gasteiger partial charge in [-0.3, -0.25) is 0 Å². The lowest BCUT2D eigenvalue weighted by molar-refractivity contribution is 1.07. The van der Waals surface area contributed by atoms with Crippen LogP contribution in [-0.4, -0.2) is 24.1 Å². The minimum atomic E-state index is 0.572. The quantitative estimate of drug-likeness (QED) is 0.161. The maximum atomic E-state index is 10.1. The number of rotatable bonds is 7. The van der Waals surface area contributed by atoms with Crippen molar-refractivity contribution in [1.29, 1.82) is 5.26 Å².